The molecule has 2 N–H and O–H groups in total. The lowest BCUT2D eigenvalue weighted by Crippen LogP contribution is -1.96. The second kappa shape index (κ2) is 3.31. The minimum Gasteiger partial charge on any atom is -0.493 e. The quantitative estimate of drug-likeness (QED) is 0.785. The lowest BCUT2D eigenvalue weighted by atomic mass is 10.1. The van der Waals surface area contributed by atoms with E-state index in [1.807, 2.05) is 19.1 Å². The van der Waals surface area contributed by atoms with Crippen LogP contribution >= 0.6 is 0 Å². The van der Waals surface area contributed by atoms with E-state index in [4.69, 9.17) is 15.0 Å². The van der Waals surface area contributed by atoms with Crippen LogP contribution in [0.4, 0.5) is 0 Å². The Kier molecular flexibility index (Phi) is 2.13. The zero-order valence-electron chi connectivity index (χ0n) is 8.20. The van der Waals surface area contributed by atoms with Gasteiger partial charge in [-0.15, -0.1) is 0 Å². The van der Waals surface area contributed by atoms with Gasteiger partial charge in [0.05, 0.1) is 12.8 Å². The second-order valence-corrected chi connectivity index (χ2v) is 3.15. The summed E-state index contributed by atoms with van der Waals surface area (Å²) >= 11 is 0. The van der Waals surface area contributed by atoms with Crippen molar-refractivity contribution in [3.63, 3.8) is 0 Å². The summed E-state index contributed by atoms with van der Waals surface area (Å²) in [6, 6.07) is 3.84. The number of hydrogen-bond acceptors (Lipinski definition) is 4. The van der Waals surface area contributed by atoms with E-state index in [0.29, 0.717) is 17.9 Å². The zero-order valence-corrected chi connectivity index (χ0v) is 8.20. The molecule has 4 heteroatoms. The summed E-state index contributed by atoms with van der Waals surface area (Å²) in [6.45, 7) is 2.38. The highest BCUT2D eigenvalue weighted by Gasteiger charge is 2.11. The van der Waals surface area contributed by atoms with E-state index in [-0.39, 0.29) is 0 Å². The number of benzene rings is 1. The molecule has 0 saturated heterocycles. The van der Waals surface area contributed by atoms with E-state index < -0.39 is 0 Å². The van der Waals surface area contributed by atoms with Crippen molar-refractivity contribution in [2.45, 2.75) is 13.5 Å². The van der Waals surface area contributed by atoms with Gasteiger partial charge < -0.3 is 15.0 Å². The second-order valence-electron chi connectivity index (χ2n) is 3.15. The van der Waals surface area contributed by atoms with Crippen LogP contribution in [0.15, 0.2) is 16.7 Å². The predicted octanol–water partition coefficient (Wildman–Crippen LogP) is 1.60. The SMILES string of the molecule is COc1cc(CN)cc2c(C)noc12. The summed E-state index contributed by atoms with van der Waals surface area (Å²) in [5.74, 6) is 0.684. The molecule has 0 amide bonds. The topological polar surface area (TPSA) is 61.3 Å². The van der Waals surface area contributed by atoms with Gasteiger partial charge in [-0.1, -0.05) is 5.16 Å². The number of rotatable bonds is 2. The molecule has 0 aliphatic rings. The average Bonchev–Trinajstić information content (AvgIpc) is 2.59. The summed E-state index contributed by atoms with van der Waals surface area (Å²) in [5.41, 5.74) is 8.13. The zero-order chi connectivity index (χ0) is 10.1. The number of fused-ring (bicyclic) bond motifs is 1. The first-order valence-corrected chi connectivity index (χ1v) is 4.39. The molecule has 2 rings (SSSR count). The molecule has 0 fully saturated rings. The standard InChI is InChI=1S/C10H12N2O2/c1-6-8-3-7(5-11)4-9(13-2)10(8)14-12-6/h3-4H,5,11H2,1-2H3. The monoisotopic (exact) mass is 192 g/mol. The Morgan fingerprint density at radius 2 is 2.29 bits per heavy atom. The van der Waals surface area contributed by atoms with Crippen LogP contribution in [0.2, 0.25) is 0 Å². The van der Waals surface area contributed by atoms with E-state index >= 15 is 0 Å². The Hall–Kier alpha value is -1.55. The highest BCUT2D eigenvalue weighted by atomic mass is 16.5. The van der Waals surface area contributed by atoms with Gasteiger partial charge >= 0.3 is 0 Å². The normalized spacial score (nSPS) is 10.8. The predicted molar refractivity (Wildman–Crippen MR) is 53.2 cm³/mol. The number of hydrogen-bond donors (Lipinski definition) is 1. The molecule has 2 aromatic rings. The van der Waals surface area contributed by atoms with Crippen LogP contribution in [0.5, 0.6) is 5.75 Å². The Morgan fingerprint density at radius 3 is 2.93 bits per heavy atom. The summed E-state index contributed by atoms with van der Waals surface area (Å²) in [5, 5.41) is 4.85. The van der Waals surface area contributed by atoms with E-state index in [9.17, 15) is 0 Å². The van der Waals surface area contributed by atoms with E-state index in [1.165, 1.54) is 0 Å². The van der Waals surface area contributed by atoms with Crippen molar-refractivity contribution in [3.05, 3.63) is 23.4 Å². The number of methoxy groups -OCH3 is 1. The first-order chi connectivity index (χ1) is 6.76. The van der Waals surface area contributed by atoms with Crippen LogP contribution in [0.3, 0.4) is 0 Å². The van der Waals surface area contributed by atoms with Crippen LogP contribution in [0, 0.1) is 6.92 Å². The third-order valence-electron chi connectivity index (χ3n) is 2.23. The molecular weight excluding hydrogens is 180 g/mol. The van der Waals surface area contributed by atoms with Gasteiger partial charge in [-0.25, -0.2) is 0 Å². The van der Waals surface area contributed by atoms with E-state index in [0.717, 1.165) is 16.6 Å². The van der Waals surface area contributed by atoms with Crippen molar-refractivity contribution in [2.75, 3.05) is 7.11 Å². The lowest BCUT2D eigenvalue weighted by molar-refractivity contribution is 0.391. The molecule has 0 unspecified atom stereocenters. The van der Waals surface area contributed by atoms with E-state index in [1.54, 1.807) is 7.11 Å². The Morgan fingerprint density at radius 1 is 1.50 bits per heavy atom. The van der Waals surface area contributed by atoms with Crippen molar-refractivity contribution in [2.24, 2.45) is 5.73 Å². The number of ether oxygens (including phenoxy) is 1. The number of aromatic nitrogens is 1. The molecular formula is C10H12N2O2. The third kappa shape index (κ3) is 1.24. The fourth-order valence-electron chi connectivity index (χ4n) is 1.45. The van der Waals surface area contributed by atoms with Crippen molar-refractivity contribution < 1.29 is 9.26 Å². The van der Waals surface area contributed by atoms with Gasteiger partial charge in [0.25, 0.3) is 0 Å². The van der Waals surface area contributed by atoms with Crippen LogP contribution in [-0.2, 0) is 6.54 Å². The lowest BCUT2D eigenvalue weighted by Gasteiger charge is -2.02. The fourth-order valence-corrected chi connectivity index (χ4v) is 1.45. The van der Waals surface area contributed by atoms with Crippen molar-refractivity contribution in [3.8, 4) is 5.75 Å². The Bertz CT molecular complexity index is 462. The fraction of sp³-hybridized carbons (Fsp3) is 0.300. The molecule has 74 valence electrons. The Labute approximate surface area is 81.6 Å². The molecule has 0 aliphatic carbocycles. The molecule has 0 radical (unpaired) electrons. The molecule has 0 spiro atoms. The highest BCUT2D eigenvalue weighted by Crippen LogP contribution is 2.29. The van der Waals surface area contributed by atoms with Gasteiger partial charge in [0.15, 0.2) is 5.75 Å². The molecule has 1 aromatic heterocycles. The van der Waals surface area contributed by atoms with Crippen molar-refractivity contribution >= 4 is 11.0 Å². The average molecular weight is 192 g/mol. The van der Waals surface area contributed by atoms with Crippen LogP contribution in [0.1, 0.15) is 11.3 Å². The smallest absolute Gasteiger partial charge is 0.208 e. The van der Waals surface area contributed by atoms with Gasteiger partial charge in [-0.05, 0) is 24.6 Å². The van der Waals surface area contributed by atoms with Crippen LogP contribution < -0.4 is 10.5 Å². The first kappa shape index (κ1) is 9.02. The maximum absolute atomic E-state index is 5.58. The number of nitrogens with two attached hydrogens (primary N) is 1. The molecule has 0 bridgehead atoms. The summed E-state index contributed by atoms with van der Waals surface area (Å²) < 4.78 is 10.3. The van der Waals surface area contributed by atoms with Crippen molar-refractivity contribution in [1.82, 2.24) is 5.16 Å². The maximum atomic E-state index is 5.58. The van der Waals surface area contributed by atoms with Gasteiger partial charge in [0.2, 0.25) is 5.58 Å². The molecule has 1 heterocycles. The summed E-state index contributed by atoms with van der Waals surface area (Å²) in [4.78, 5) is 0. The summed E-state index contributed by atoms with van der Waals surface area (Å²) in [7, 11) is 1.60. The molecule has 4 nitrogen and oxygen atoms in total. The molecule has 0 aliphatic heterocycles. The van der Waals surface area contributed by atoms with Gasteiger partial charge in [0, 0.05) is 11.9 Å². The first-order valence-electron chi connectivity index (χ1n) is 4.39. The number of aryl methyl sites for hydroxylation is 1. The van der Waals surface area contributed by atoms with Crippen LogP contribution in [-0.4, -0.2) is 12.3 Å². The van der Waals surface area contributed by atoms with Crippen molar-refractivity contribution in [1.29, 1.82) is 0 Å². The number of nitrogens with zero attached hydrogens (tertiary/aromatic N) is 1. The maximum Gasteiger partial charge on any atom is 0.208 e. The van der Waals surface area contributed by atoms with Gasteiger partial charge in [0.1, 0.15) is 0 Å². The minimum atomic E-state index is 0.483. The third-order valence-corrected chi connectivity index (χ3v) is 2.23. The van der Waals surface area contributed by atoms with Gasteiger partial charge in [-0.2, -0.15) is 0 Å². The molecule has 14 heavy (non-hydrogen) atoms. The Balaban J connectivity index is 2.76. The van der Waals surface area contributed by atoms with Gasteiger partial charge in [-0.3, -0.25) is 0 Å². The molecule has 0 atom stereocenters. The molecule has 0 saturated carbocycles. The minimum absolute atomic E-state index is 0.483. The van der Waals surface area contributed by atoms with E-state index in [2.05, 4.69) is 5.16 Å². The largest absolute Gasteiger partial charge is 0.493 e. The molecule has 1 aromatic carbocycles. The highest BCUT2D eigenvalue weighted by molar-refractivity contribution is 5.85. The summed E-state index contributed by atoms with van der Waals surface area (Å²) in [6.07, 6.45) is 0. The van der Waals surface area contributed by atoms with Crippen LogP contribution in [0.25, 0.3) is 11.0 Å².